The quantitative estimate of drug-likeness (QED) is 0.877. The van der Waals surface area contributed by atoms with Crippen molar-refractivity contribution < 1.29 is 9.18 Å². The zero-order valence-electron chi connectivity index (χ0n) is 12.1. The predicted molar refractivity (Wildman–Crippen MR) is 86.9 cm³/mol. The SMILES string of the molecule is O=C(CN1C=C(Br)CN1)N1CCN(c2ccc(F)cc2)CC1. The minimum absolute atomic E-state index is 0.115. The molecule has 1 amide bonds. The number of anilines is 1. The van der Waals surface area contributed by atoms with Crippen molar-refractivity contribution in [1.82, 2.24) is 15.3 Å². The first-order valence-corrected chi connectivity index (χ1v) is 8.06. The number of carbonyl (C=O) groups is 1. The molecule has 0 unspecified atom stereocenters. The number of hydrazine groups is 1. The number of hydrogen-bond donors (Lipinski definition) is 1. The lowest BCUT2D eigenvalue weighted by Crippen LogP contribution is -2.51. The second-order valence-corrected chi connectivity index (χ2v) is 6.40. The molecule has 0 saturated carbocycles. The van der Waals surface area contributed by atoms with E-state index in [4.69, 9.17) is 0 Å². The van der Waals surface area contributed by atoms with Crippen LogP contribution in [0.15, 0.2) is 34.9 Å². The van der Waals surface area contributed by atoms with Gasteiger partial charge in [-0.1, -0.05) is 15.9 Å². The Labute approximate surface area is 137 Å². The molecule has 2 heterocycles. The van der Waals surface area contributed by atoms with Gasteiger partial charge in [-0.15, -0.1) is 0 Å². The molecule has 5 nitrogen and oxygen atoms in total. The Morgan fingerprint density at radius 2 is 1.86 bits per heavy atom. The van der Waals surface area contributed by atoms with Gasteiger partial charge in [0.2, 0.25) is 5.91 Å². The number of amides is 1. The molecule has 1 aromatic carbocycles. The highest BCUT2D eigenvalue weighted by molar-refractivity contribution is 9.11. The first kappa shape index (κ1) is 15.3. The maximum absolute atomic E-state index is 13.0. The summed E-state index contributed by atoms with van der Waals surface area (Å²) in [5.41, 5.74) is 4.12. The molecule has 1 aromatic rings. The number of nitrogens with zero attached hydrogens (tertiary/aromatic N) is 3. The van der Waals surface area contributed by atoms with E-state index >= 15 is 0 Å². The molecule has 22 heavy (non-hydrogen) atoms. The van der Waals surface area contributed by atoms with E-state index in [0.29, 0.717) is 19.6 Å². The molecule has 2 aliphatic heterocycles. The summed E-state index contributed by atoms with van der Waals surface area (Å²) in [5, 5.41) is 1.80. The fourth-order valence-electron chi connectivity index (χ4n) is 2.65. The summed E-state index contributed by atoms with van der Waals surface area (Å²) >= 11 is 3.40. The van der Waals surface area contributed by atoms with Crippen LogP contribution in [0.1, 0.15) is 0 Å². The zero-order chi connectivity index (χ0) is 15.5. The van der Waals surface area contributed by atoms with E-state index in [-0.39, 0.29) is 11.7 Å². The van der Waals surface area contributed by atoms with Gasteiger partial charge in [-0.3, -0.25) is 4.79 Å². The van der Waals surface area contributed by atoms with Crippen LogP contribution in [0.25, 0.3) is 0 Å². The number of nitrogens with one attached hydrogen (secondary N) is 1. The van der Waals surface area contributed by atoms with Crippen LogP contribution in [0.5, 0.6) is 0 Å². The first-order chi connectivity index (χ1) is 10.6. The fraction of sp³-hybridized carbons (Fsp3) is 0.400. The number of rotatable bonds is 3. The Morgan fingerprint density at radius 1 is 1.18 bits per heavy atom. The lowest BCUT2D eigenvalue weighted by molar-refractivity contribution is -0.132. The smallest absolute Gasteiger partial charge is 0.243 e. The summed E-state index contributed by atoms with van der Waals surface area (Å²) < 4.78 is 14.0. The molecular weight excluding hydrogens is 351 g/mol. The maximum Gasteiger partial charge on any atom is 0.243 e. The van der Waals surface area contributed by atoms with Crippen molar-refractivity contribution in [1.29, 1.82) is 0 Å². The summed E-state index contributed by atoms with van der Waals surface area (Å²) in [7, 11) is 0. The van der Waals surface area contributed by atoms with Gasteiger partial charge in [0, 0.05) is 49.1 Å². The van der Waals surface area contributed by atoms with E-state index < -0.39 is 0 Å². The van der Waals surface area contributed by atoms with Gasteiger partial charge in [-0.2, -0.15) is 0 Å². The molecule has 0 spiro atoms. The van der Waals surface area contributed by atoms with Crippen molar-refractivity contribution in [2.24, 2.45) is 0 Å². The normalized spacial score (nSPS) is 18.6. The number of carbonyl (C=O) groups excluding carboxylic acids is 1. The summed E-state index contributed by atoms with van der Waals surface area (Å²) in [6.07, 6.45) is 1.90. The molecule has 2 aliphatic rings. The summed E-state index contributed by atoms with van der Waals surface area (Å²) in [6.45, 7) is 3.98. The highest BCUT2D eigenvalue weighted by atomic mass is 79.9. The van der Waals surface area contributed by atoms with E-state index in [9.17, 15) is 9.18 Å². The van der Waals surface area contributed by atoms with Gasteiger partial charge >= 0.3 is 0 Å². The second-order valence-electron chi connectivity index (χ2n) is 5.38. The van der Waals surface area contributed by atoms with Crippen molar-refractivity contribution in [3.05, 3.63) is 40.8 Å². The average molecular weight is 369 g/mol. The van der Waals surface area contributed by atoms with Crippen LogP contribution in [-0.2, 0) is 4.79 Å². The van der Waals surface area contributed by atoms with Crippen LogP contribution >= 0.6 is 15.9 Å². The summed E-state index contributed by atoms with van der Waals surface area (Å²) in [6, 6.07) is 6.50. The molecule has 0 atom stereocenters. The minimum atomic E-state index is -0.227. The van der Waals surface area contributed by atoms with Crippen LogP contribution < -0.4 is 10.3 Å². The van der Waals surface area contributed by atoms with E-state index in [1.54, 1.807) is 17.1 Å². The molecule has 1 N–H and O–H groups in total. The fourth-order valence-corrected chi connectivity index (χ4v) is 3.02. The highest BCUT2D eigenvalue weighted by Crippen LogP contribution is 2.17. The number of hydrogen-bond acceptors (Lipinski definition) is 4. The molecule has 3 rings (SSSR count). The van der Waals surface area contributed by atoms with Crippen molar-refractivity contribution in [3.63, 3.8) is 0 Å². The largest absolute Gasteiger partial charge is 0.368 e. The van der Waals surface area contributed by atoms with E-state index in [2.05, 4.69) is 26.3 Å². The third-order valence-electron chi connectivity index (χ3n) is 3.88. The molecule has 0 radical (unpaired) electrons. The summed E-state index contributed by atoms with van der Waals surface area (Å²) in [4.78, 5) is 16.3. The molecular formula is C15H18BrFN4O. The van der Waals surface area contributed by atoms with Crippen molar-refractivity contribution >= 4 is 27.5 Å². The molecule has 1 fully saturated rings. The van der Waals surface area contributed by atoms with Gasteiger partial charge in [0.25, 0.3) is 0 Å². The topological polar surface area (TPSA) is 38.8 Å². The Bertz CT molecular complexity index is 569. The first-order valence-electron chi connectivity index (χ1n) is 7.26. The minimum Gasteiger partial charge on any atom is -0.368 e. The van der Waals surface area contributed by atoms with Gasteiger partial charge in [0.15, 0.2) is 0 Å². The number of halogens is 2. The van der Waals surface area contributed by atoms with E-state index in [0.717, 1.165) is 29.8 Å². The number of piperazine rings is 1. The molecule has 1 saturated heterocycles. The lowest BCUT2D eigenvalue weighted by atomic mass is 10.2. The van der Waals surface area contributed by atoms with Crippen molar-refractivity contribution in [2.75, 3.05) is 44.2 Å². The van der Waals surface area contributed by atoms with Gasteiger partial charge in [0.05, 0.1) is 0 Å². The molecule has 0 aromatic heterocycles. The van der Waals surface area contributed by atoms with Crippen LogP contribution in [-0.4, -0.2) is 55.1 Å². The van der Waals surface area contributed by atoms with Crippen molar-refractivity contribution in [2.45, 2.75) is 0 Å². The highest BCUT2D eigenvalue weighted by Gasteiger charge is 2.23. The van der Waals surface area contributed by atoms with Crippen LogP contribution in [0.4, 0.5) is 10.1 Å². The standard InChI is InChI=1S/C15H18BrFN4O/c16-12-9-18-21(10-12)11-15(22)20-7-5-19(6-8-20)14-3-1-13(17)2-4-14/h1-4,10,18H,5-9,11H2. The summed E-state index contributed by atoms with van der Waals surface area (Å²) in [5.74, 6) is -0.111. The Hall–Kier alpha value is -1.60. The van der Waals surface area contributed by atoms with Gasteiger partial charge in [0.1, 0.15) is 12.4 Å². The molecule has 0 bridgehead atoms. The Balaban J connectivity index is 1.51. The van der Waals surface area contributed by atoms with Crippen molar-refractivity contribution in [3.8, 4) is 0 Å². The van der Waals surface area contributed by atoms with Crippen LogP contribution in [0.2, 0.25) is 0 Å². The monoisotopic (exact) mass is 368 g/mol. The van der Waals surface area contributed by atoms with Gasteiger partial charge < -0.3 is 14.8 Å². The Morgan fingerprint density at radius 3 is 2.45 bits per heavy atom. The third-order valence-corrected chi connectivity index (χ3v) is 4.36. The Kier molecular flexibility index (Phi) is 4.63. The van der Waals surface area contributed by atoms with Crippen LogP contribution in [0.3, 0.4) is 0 Å². The lowest BCUT2D eigenvalue weighted by Gasteiger charge is -2.36. The maximum atomic E-state index is 13.0. The van der Waals surface area contributed by atoms with Gasteiger partial charge in [-0.05, 0) is 24.3 Å². The van der Waals surface area contributed by atoms with Crippen LogP contribution in [0, 0.1) is 5.82 Å². The second kappa shape index (κ2) is 6.66. The predicted octanol–water partition coefficient (Wildman–Crippen LogP) is 1.53. The number of benzene rings is 1. The van der Waals surface area contributed by atoms with Gasteiger partial charge in [-0.25, -0.2) is 9.82 Å². The molecule has 118 valence electrons. The van der Waals surface area contributed by atoms with E-state index in [1.807, 2.05) is 11.1 Å². The average Bonchev–Trinajstić information content (AvgIpc) is 2.93. The molecule has 7 heteroatoms. The third kappa shape index (κ3) is 3.59. The van der Waals surface area contributed by atoms with E-state index in [1.165, 1.54) is 12.1 Å². The zero-order valence-corrected chi connectivity index (χ0v) is 13.7. The molecule has 0 aliphatic carbocycles.